The molecule has 1 aliphatic rings. The molecule has 5 rings (SSSR count). The molecule has 1 heterocycles. The minimum atomic E-state index is -1.78. The molecule has 18 N–H and O–H groups in total. The number of halogens is 1. The number of aliphatic hydroxyl groups is 1. The predicted molar refractivity (Wildman–Crippen MR) is 316 cm³/mol. The van der Waals surface area contributed by atoms with Gasteiger partial charge in [0.25, 0.3) is 0 Å². The molecule has 452 valence electrons. The first-order valence-electron chi connectivity index (χ1n) is 26.7. The van der Waals surface area contributed by atoms with Gasteiger partial charge in [-0.2, -0.15) is 0 Å². The molecule has 4 aromatic rings. The third kappa shape index (κ3) is 22.3. The van der Waals surface area contributed by atoms with E-state index in [1.165, 1.54) is 74.5 Å². The lowest BCUT2D eigenvalue weighted by Crippen LogP contribution is -2.62. The Labute approximate surface area is 497 Å². The van der Waals surface area contributed by atoms with Gasteiger partial charge in [0.2, 0.25) is 59.1 Å². The first-order chi connectivity index (χ1) is 40.0. The Morgan fingerprint density at radius 2 is 1.18 bits per heavy atom. The van der Waals surface area contributed by atoms with Crippen LogP contribution >= 0.6 is 33.2 Å². The topological polar surface area (TPSA) is 418 Å². The Balaban J connectivity index is 1.57. The van der Waals surface area contributed by atoms with Crippen molar-refractivity contribution in [3.63, 3.8) is 0 Å². The summed E-state index contributed by atoms with van der Waals surface area (Å²) in [5.41, 5.74) is 20.3. The molecule has 1 fully saturated rings. The maximum atomic E-state index is 14.8. The number of hydrogen-bond donors (Lipinski definition) is 15. The number of nitrogens with one attached hydrogen (secondary N) is 9. The lowest BCUT2D eigenvalue weighted by atomic mass is 10.0. The number of rotatable bonds is 21. The standard InChI is InChI=1S/C56H71ClN12O13S2/c1-30(70)48-56(82)68-46(54(80)64-42(49(60)75)24-34-10-18-38(72)19-11-34)29-84-83-28-45(67-50(76)40(59)23-32-6-14-36(57)15-7-32)55(81)66-44(26-35-12-20-39(73)21-13-35)53(79)65-43(52(78)63-41(51(77)69-48)5-3-4-22-58)25-33-8-16-37(17-9-33)62-47(74)27-61-31(2)71/h6-21,30,40-46,48,70,72-73H,3-5,22-29,58-59H2,1-2H3,(H2,60,75)(H,61,71)(H,62,74)(H,63,78)(H,64,80)(H,65,79)(H,66,81)(H,67,76)(H,68,82)(H,69,77)/t30?,40-,41-,42+,43+,44-,45+,46-,48?/m0/s1. The van der Waals surface area contributed by atoms with Crippen LogP contribution in [0.3, 0.4) is 0 Å². The van der Waals surface area contributed by atoms with Crippen LogP contribution in [0.15, 0.2) is 97.1 Å². The molecule has 0 bridgehead atoms. The van der Waals surface area contributed by atoms with Gasteiger partial charge in [-0.05, 0) is 110 Å². The molecule has 4 aromatic carbocycles. The third-order valence-electron chi connectivity index (χ3n) is 13.0. The van der Waals surface area contributed by atoms with Gasteiger partial charge in [0.1, 0.15) is 53.8 Å². The van der Waals surface area contributed by atoms with Crippen molar-refractivity contribution in [3.8, 4) is 11.5 Å². The van der Waals surface area contributed by atoms with E-state index in [0.29, 0.717) is 39.4 Å². The quantitative estimate of drug-likeness (QED) is 0.0359. The van der Waals surface area contributed by atoms with E-state index >= 15 is 0 Å². The number of primary amides is 1. The highest BCUT2D eigenvalue weighted by molar-refractivity contribution is 8.76. The second-order valence-corrected chi connectivity index (χ2v) is 22.9. The first-order valence-corrected chi connectivity index (χ1v) is 29.6. The van der Waals surface area contributed by atoms with Gasteiger partial charge >= 0.3 is 0 Å². The largest absolute Gasteiger partial charge is 0.508 e. The Morgan fingerprint density at radius 1 is 0.667 bits per heavy atom. The van der Waals surface area contributed by atoms with Crippen molar-refractivity contribution in [2.75, 3.05) is 29.9 Å². The van der Waals surface area contributed by atoms with Crippen LogP contribution in [-0.2, 0) is 73.6 Å². The van der Waals surface area contributed by atoms with Crippen molar-refractivity contribution in [2.45, 2.75) is 113 Å². The van der Waals surface area contributed by atoms with Crippen LogP contribution in [0.25, 0.3) is 0 Å². The minimum Gasteiger partial charge on any atom is -0.508 e. The van der Waals surface area contributed by atoms with Gasteiger partial charge < -0.3 is 80.4 Å². The van der Waals surface area contributed by atoms with Crippen LogP contribution in [0.4, 0.5) is 5.69 Å². The van der Waals surface area contributed by atoms with E-state index in [2.05, 4.69) is 47.9 Å². The first kappa shape index (κ1) is 66.8. The van der Waals surface area contributed by atoms with Gasteiger partial charge in [-0.15, -0.1) is 0 Å². The molecule has 25 nitrogen and oxygen atoms in total. The Hall–Kier alpha value is -7.95. The van der Waals surface area contributed by atoms with Crippen molar-refractivity contribution in [3.05, 3.63) is 124 Å². The van der Waals surface area contributed by atoms with E-state index in [0.717, 1.165) is 21.6 Å². The highest BCUT2D eigenvalue weighted by Crippen LogP contribution is 2.25. The average molecular weight is 1220 g/mol. The van der Waals surface area contributed by atoms with Crippen LogP contribution in [0, 0.1) is 0 Å². The van der Waals surface area contributed by atoms with Crippen molar-refractivity contribution in [1.82, 2.24) is 42.5 Å². The molecule has 28 heteroatoms. The normalized spacial score (nSPS) is 20.4. The zero-order valence-electron chi connectivity index (χ0n) is 46.1. The number of aliphatic hydroxyl groups excluding tert-OH is 1. The number of hydrogen-bond acceptors (Lipinski definition) is 17. The summed E-state index contributed by atoms with van der Waals surface area (Å²) in [5.74, 6) is -9.12. The zero-order chi connectivity index (χ0) is 61.5. The Bertz CT molecular complexity index is 2930. The molecule has 84 heavy (non-hydrogen) atoms. The number of benzene rings is 4. The molecular weight excluding hydrogens is 1150 g/mol. The molecule has 1 aliphatic heterocycles. The maximum absolute atomic E-state index is 14.8. The molecule has 9 atom stereocenters. The number of carbonyl (C=O) groups is 10. The number of anilines is 1. The fraction of sp³-hybridized carbons (Fsp3) is 0.393. The van der Waals surface area contributed by atoms with Crippen LogP contribution in [0.5, 0.6) is 11.5 Å². The van der Waals surface area contributed by atoms with Gasteiger partial charge in [0.15, 0.2) is 0 Å². The number of phenolic OH excluding ortho intramolecular Hbond substituents is 2. The molecule has 0 aromatic heterocycles. The molecule has 0 saturated carbocycles. The van der Waals surface area contributed by atoms with E-state index in [-0.39, 0.29) is 74.6 Å². The van der Waals surface area contributed by atoms with E-state index in [1.807, 2.05) is 0 Å². The van der Waals surface area contributed by atoms with Crippen molar-refractivity contribution < 1.29 is 63.3 Å². The number of aromatic hydroxyl groups is 2. The molecular formula is C56H71ClN12O13S2. The Kier molecular flexibility index (Phi) is 26.6. The second kappa shape index (κ2) is 33.4. The summed E-state index contributed by atoms with van der Waals surface area (Å²) in [6, 6.07) is 12.3. The summed E-state index contributed by atoms with van der Waals surface area (Å²) in [4.78, 5) is 138. The third-order valence-corrected chi connectivity index (χ3v) is 15.7. The molecule has 0 radical (unpaired) electrons. The summed E-state index contributed by atoms with van der Waals surface area (Å²) < 4.78 is 0. The van der Waals surface area contributed by atoms with Crippen molar-refractivity contribution in [2.24, 2.45) is 17.2 Å². The summed E-state index contributed by atoms with van der Waals surface area (Å²) in [7, 11) is 1.89. The smallest absolute Gasteiger partial charge is 0.245 e. The van der Waals surface area contributed by atoms with E-state index < -0.39 is 114 Å². The second-order valence-electron chi connectivity index (χ2n) is 19.9. The van der Waals surface area contributed by atoms with E-state index in [1.54, 1.807) is 36.4 Å². The predicted octanol–water partition coefficient (Wildman–Crippen LogP) is -0.793. The van der Waals surface area contributed by atoms with Crippen molar-refractivity contribution >= 4 is 97.9 Å². The number of unbranched alkanes of at least 4 members (excludes halogenated alkanes) is 1. The van der Waals surface area contributed by atoms with Gasteiger partial charge in [0, 0.05) is 48.4 Å². The van der Waals surface area contributed by atoms with Crippen LogP contribution in [0.2, 0.25) is 5.02 Å². The number of amides is 10. The average Bonchev–Trinajstić information content (AvgIpc) is 3.54. The maximum Gasteiger partial charge on any atom is 0.245 e. The SMILES string of the molecule is CC(=O)NCC(=O)Nc1ccc(C[C@H]2NC(=O)[C@H](Cc3ccc(O)cc3)NC(=O)[C@H](NC(=O)[C@@H](N)Cc3ccc(Cl)cc3)CSSC[C@@H](C(=O)N[C@H](Cc3ccc(O)cc3)C(N)=O)NC(=O)C(C(C)O)NC(=O)[C@H](CCCCN)NC2=O)cc1. The summed E-state index contributed by atoms with van der Waals surface area (Å²) in [6.07, 6.45) is -1.67. The van der Waals surface area contributed by atoms with Crippen LogP contribution in [-0.4, -0.2) is 153 Å². The van der Waals surface area contributed by atoms with E-state index in [4.69, 9.17) is 28.8 Å². The summed E-state index contributed by atoms with van der Waals surface area (Å²) >= 11 is 6.08. The van der Waals surface area contributed by atoms with Gasteiger partial charge in [0.05, 0.1) is 18.7 Å². The highest BCUT2D eigenvalue weighted by atomic mass is 35.5. The lowest BCUT2D eigenvalue weighted by molar-refractivity contribution is -0.136. The minimum absolute atomic E-state index is 0.0157. The summed E-state index contributed by atoms with van der Waals surface area (Å²) in [5, 5.41) is 54.9. The molecule has 10 amide bonds. The van der Waals surface area contributed by atoms with Crippen LogP contribution < -0.4 is 65.1 Å². The number of carbonyl (C=O) groups excluding carboxylic acids is 10. The molecule has 0 spiro atoms. The molecule has 2 unspecified atom stereocenters. The monoisotopic (exact) mass is 1220 g/mol. The van der Waals surface area contributed by atoms with Crippen molar-refractivity contribution in [1.29, 1.82) is 0 Å². The van der Waals surface area contributed by atoms with Gasteiger partial charge in [-0.1, -0.05) is 81.7 Å². The summed E-state index contributed by atoms with van der Waals surface area (Å²) in [6.45, 7) is 2.35. The highest BCUT2D eigenvalue weighted by Gasteiger charge is 2.36. The fourth-order valence-corrected chi connectivity index (χ4v) is 10.8. The Morgan fingerprint density at radius 3 is 1.74 bits per heavy atom. The molecule has 0 aliphatic carbocycles. The molecule has 1 saturated heterocycles. The van der Waals surface area contributed by atoms with E-state index in [9.17, 15) is 63.3 Å². The zero-order valence-corrected chi connectivity index (χ0v) is 48.5. The van der Waals surface area contributed by atoms with Crippen LogP contribution in [0.1, 0.15) is 55.4 Å². The van der Waals surface area contributed by atoms with Gasteiger partial charge in [-0.25, -0.2) is 0 Å². The number of phenols is 2. The fourth-order valence-electron chi connectivity index (χ4n) is 8.36. The lowest BCUT2D eigenvalue weighted by Gasteiger charge is -2.29. The van der Waals surface area contributed by atoms with Gasteiger partial charge in [-0.3, -0.25) is 47.9 Å². The number of nitrogens with two attached hydrogens (primary N) is 3.